The number of aliphatic hydroxyl groups excluding tert-OH is 1. The molecule has 8 heteroatoms. The first-order chi connectivity index (χ1) is 14.8. The van der Waals surface area contributed by atoms with E-state index < -0.39 is 42.8 Å². The second-order valence-corrected chi connectivity index (χ2v) is 6.66. The van der Waals surface area contributed by atoms with E-state index >= 15 is 0 Å². The minimum Gasteiger partial charge on any atom is -0.463 e. The number of esters is 3. The van der Waals surface area contributed by atoms with Crippen molar-refractivity contribution in [3.63, 3.8) is 0 Å². The van der Waals surface area contributed by atoms with E-state index in [1.165, 1.54) is 18.2 Å². The quantitative estimate of drug-likeness (QED) is 0.335. The summed E-state index contributed by atoms with van der Waals surface area (Å²) in [6.45, 7) is -0.275. The van der Waals surface area contributed by atoms with Crippen molar-refractivity contribution < 1.29 is 38.8 Å². The Hall–Kier alpha value is -3.49. The summed E-state index contributed by atoms with van der Waals surface area (Å²) in [4.78, 5) is 35.2. The third-order valence-electron chi connectivity index (χ3n) is 4.18. The predicted molar refractivity (Wildman–Crippen MR) is 110 cm³/mol. The Morgan fingerprint density at radius 1 is 0.871 bits per heavy atom. The van der Waals surface area contributed by atoms with Gasteiger partial charge >= 0.3 is 17.9 Å². The molecule has 2 N–H and O–H groups in total. The Morgan fingerprint density at radius 2 is 1.35 bits per heavy atom. The summed E-state index contributed by atoms with van der Waals surface area (Å²) < 4.78 is 15.0. The fourth-order valence-electron chi connectivity index (χ4n) is 2.43. The average Bonchev–Trinajstić information content (AvgIpc) is 2.79. The molecule has 0 aliphatic rings. The normalized spacial score (nSPS) is 13.8. The molecule has 2 aromatic carbocycles. The van der Waals surface area contributed by atoms with Crippen molar-refractivity contribution in [3.8, 4) is 0 Å². The molecule has 2 aromatic rings. The average molecular weight is 428 g/mol. The molecule has 0 aliphatic heterocycles. The number of carbonyl (C=O) groups excluding carboxylic acids is 3. The second kappa shape index (κ2) is 11.6. The minimum atomic E-state index is -2.10. The van der Waals surface area contributed by atoms with E-state index in [4.69, 9.17) is 14.2 Å². The molecule has 0 fully saturated rings. The van der Waals surface area contributed by atoms with Crippen LogP contribution in [0.5, 0.6) is 0 Å². The lowest BCUT2D eigenvalue weighted by atomic mass is 9.98. The van der Waals surface area contributed by atoms with Crippen LogP contribution in [0.1, 0.15) is 27.6 Å². The molecular formula is C23H24O8. The van der Waals surface area contributed by atoms with E-state index in [2.05, 4.69) is 0 Å². The Bertz CT molecular complexity index is 894. The molecule has 0 amide bonds. The predicted octanol–water partition coefficient (Wildman–Crippen LogP) is 1.91. The highest BCUT2D eigenvalue weighted by Gasteiger charge is 2.37. The Kier molecular flexibility index (Phi) is 8.93. The second-order valence-electron chi connectivity index (χ2n) is 6.66. The molecule has 0 heterocycles. The van der Waals surface area contributed by atoms with Gasteiger partial charge in [0.1, 0.15) is 25.9 Å². The first-order valence-electron chi connectivity index (χ1n) is 9.46. The van der Waals surface area contributed by atoms with Gasteiger partial charge in [-0.3, -0.25) is 4.79 Å². The molecule has 0 radical (unpaired) electrons. The van der Waals surface area contributed by atoms with E-state index in [1.807, 2.05) is 0 Å². The van der Waals surface area contributed by atoms with Gasteiger partial charge in [0.05, 0.1) is 11.1 Å². The molecule has 2 atom stereocenters. The lowest BCUT2D eigenvalue weighted by Crippen LogP contribution is -2.50. The summed E-state index contributed by atoms with van der Waals surface area (Å²) in [5.41, 5.74) is -1.47. The van der Waals surface area contributed by atoms with Crippen LogP contribution in [0.3, 0.4) is 0 Å². The summed E-state index contributed by atoms with van der Waals surface area (Å²) >= 11 is 0. The molecule has 31 heavy (non-hydrogen) atoms. The van der Waals surface area contributed by atoms with Crippen molar-refractivity contribution >= 4 is 17.9 Å². The molecule has 8 nitrogen and oxygen atoms in total. The number of rotatable bonds is 10. The van der Waals surface area contributed by atoms with E-state index in [0.717, 1.165) is 13.0 Å². The van der Waals surface area contributed by atoms with Crippen LogP contribution in [0, 0.1) is 0 Å². The van der Waals surface area contributed by atoms with Crippen molar-refractivity contribution in [2.75, 3.05) is 19.8 Å². The molecule has 0 aromatic heterocycles. The van der Waals surface area contributed by atoms with Crippen LogP contribution in [-0.4, -0.2) is 59.6 Å². The first-order valence-corrected chi connectivity index (χ1v) is 9.46. The van der Waals surface area contributed by atoms with Crippen LogP contribution in [0.25, 0.3) is 0 Å². The zero-order valence-electron chi connectivity index (χ0n) is 17.0. The molecule has 0 spiro atoms. The Balaban J connectivity index is 1.96. The van der Waals surface area contributed by atoms with Gasteiger partial charge in [0.25, 0.3) is 0 Å². The Labute approximate surface area is 179 Å². The number of hydrogen-bond donors (Lipinski definition) is 2. The molecular weight excluding hydrogens is 404 g/mol. The van der Waals surface area contributed by atoms with E-state index in [-0.39, 0.29) is 12.2 Å². The van der Waals surface area contributed by atoms with Gasteiger partial charge in [-0.1, -0.05) is 42.5 Å². The van der Waals surface area contributed by atoms with Gasteiger partial charge in [-0.15, -0.1) is 0 Å². The molecule has 0 aliphatic carbocycles. The summed E-state index contributed by atoms with van der Waals surface area (Å²) in [6.07, 6.45) is 0.910. The zero-order chi connectivity index (χ0) is 22.7. The number of ether oxygens (including phenoxy) is 3. The fraction of sp³-hybridized carbons (Fsp3) is 0.261. The van der Waals surface area contributed by atoms with Crippen molar-refractivity contribution in [2.45, 2.75) is 18.6 Å². The lowest BCUT2D eigenvalue weighted by molar-refractivity contribution is -0.161. The van der Waals surface area contributed by atoms with E-state index in [1.54, 1.807) is 48.5 Å². The summed E-state index contributed by atoms with van der Waals surface area (Å²) in [5, 5.41) is 21.1. The van der Waals surface area contributed by atoms with Crippen molar-refractivity contribution in [3.05, 3.63) is 83.9 Å². The molecule has 0 unspecified atom stereocenters. The van der Waals surface area contributed by atoms with Crippen molar-refractivity contribution in [1.82, 2.24) is 0 Å². The van der Waals surface area contributed by atoms with Crippen LogP contribution in [0.15, 0.2) is 72.8 Å². The topological polar surface area (TPSA) is 119 Å². The highest BCUT2D eigenvalue weighted by molar-refractivity contribution is 5.89. The summed E-state index contributed by atoms with van der Waals surface area (Å²) in [5.74, 6) is -1.94. The number of benzene rings is 2. The maximum Gasteiger partial charge on any atom is 0.338 e. The van der Waals surface area contributed by atoms with Gasteiger partial charge in [0.15, 0.2) is 5.60 Å². The molecule has 2 rings (SSSR count). The van der Waals surface area contributed by atoms with Crippen LogP contribution in [0.2, 0.25) is 0 Å². The number of aliphatic hydroxyl groups is 2. The summed E-state index contributed by atoms with van der Waals surface area (Å²) in [6, 6.07) is 16.4. The van der Waals surface area contributed by atoms with Crippen LogP contribution < -0.4 is 0 Å². The molecule has 0 saturated heterocycles. The summed E-state index contributed by atoms with van der Waals surface area (Å²) in [7, 11) is 0. The largest absolute Gasteiger partial charge is 0.463 e. The highest BCUT2D eigenvalue weighted by atomic mass is 16.6. The smallest absolute Gasteiger partial charge is 0.338 e. The number of carbonyl (C=O) groups is 3. The van der Waals surface area contributed by atoms with Gasteiger partial charge in [0.2, 0.25) is 0 Å². The first kappa shape index (κ1) is 23.8. The maximum absolute atomic E-state index is 12.1. The van der Waals surface area contributed by atoms with Gasteiger partial charge in [-0.05, 0) is 30.3 Å². The molecule has 0 saturated carbocycles. The fourth-order valence-corrected chi connectivity index (χ4v) is 2.43. The van der Waals surface area contributed by atoms with Gasteiger partial charge in [-0.2, -0.15) is 0 Å². The van der Waals surface area contributed by atoms with Gasteiger partial charge in [-0.25, -0.2) is 9.59 Å². The standard InChI is InChI=1S/C23H24O8/c1-17(24)30-15-23(28,16-31-22(27)19-11-6-3-7-12-19)20(25)13-8-14-29-21(26)18-9-4-2-5-10-18/h2-13,20,25,28H,14-16H2,1H3/b13-8-/t20-,23+/m1/s1. The van der Waals surface area contributed by atoms with Gasteiger partial charge < -0.3 is 24.4 Å². The third kappa shape index (κ3) is 7.69. The van der Waals surface area contributed by atoms with Crippen LogP contribution >= 0.6 is 0 Å². The van der Waals surface area contributed by atoms with Crippen molar-refractivity contribution in [2.24, 2.45) is 0 Å². The Morgan fingerprint density at radius 3 is 1.87 bits per heavy atom. The highest BCUT2D eigenvalue weighted by Crippen LogP contribution is 2.16. The number of hydrogen-bond acceptors (Lipinski definition) is 8. The molecule has 164 valence electrons. The minimum absolute atomic E-state index is 0.168. The van der Waals surface area contributed by atoms with Crippen LogP contribution in [-0.2, 0) is 19.0 Å². The van der Waals surface area contributed by atoms with Gasteiger partial charge in [0, 0.05) is 6.92 Å². The molecule has 0 bridgehead atoms. The van der Waals surface area contributed by atoms with Crippen molar-refractivity contribution in [1.29, 1.82) is 0 Å². The van der Waals surface area contributed by atoms with E-state index in [0.29, 0.717) is 5.56 Å². The monoisotopic (exact) mass is 428 g/mol. The zero-order valence-corrected chi connectivity index (χ0v) is 17.0. The third-order valence-corrected chi connectivity index (χ3v) is 4.18. The van der Waals surface area contributed by atoms with E-state index in [9.17, 15) is 24.6 Å². The maximum atomic E-state index is 12.1. The SMILES string of the molecule is CC(=O)OC[C@](O)(COC(=O)c1ccccc1)[C@H](O)/C=C\COC(=O)c1ccccc1. The van der Waals surface area contributed by atoms with Crippen LogP contribution in [0.4, 0.5) is 0 Å². The lowest BCUT2D eigenvalue weighted by Gasteiger charge is -2.30.